The number of piperidine rings is 1. The molecular formula is C32H56N6O7S. The zero-order valence-corrected chi connectivity index (χ0v) is 30.2. The van der Waals surface area contributed by atoms with Crippen LogP contribution in [0.25, 0.3) is 0 Å². The maximum Gasteiger partial charge on any atom is 0.315 e. The molecule has 14 heteroatoms. The summed E-state index contributed by atoms with van der Waals surface area (Å²) in [7, 11) is -2.22. The normalized spacial score (nSPS) is 24.5. The molecule has 5 amide bonds. The first kappa shape index (κ1) is 37.7. The Bertz CT molecular complexity index is 1330. The Morgan fingerprint density at radius 2 is 1.54 bits per heavy atom. The highest BCUT2D eigenvalue weighted by Crippen LogP contribution is 2.65. The Morgan fingerprint density at radius 1 is 0.978 bits per heavy atom. The van der Waals surface area contributed by atoms with Gasteiger partial charge in [0.1, 0.15) is 12.1 Å². The van der Waals surface area contributed by atoms with Gasteiger partial charge in [-0.2, -0.15) is 4.31 Å². The van der Waals surface area contributed by atoms with Gasteiger partial charge in [0, 0.05) is 25.2 Å². The number of hydrogen-bond acceptors (Lipinski definition) is 7. The number of nitrogens with zero attached hydrogens (tertiary/aromatic N) is 2. The van der Waals surface area contributed by atoms with Crippen LogP contribution in [0.3, 0.4) is 0 Å². The van der Waals surface area contributed by atoms with Crippen LogP contribution in [-0.2, 0) is 29.2 Å². The largest absolute Gasteiger partial charge is 0.363 e. The fourth-order valence-corrected chi connectivity index (χ4v) is 8.45. The quantitative estimate of drug-likeness (QED) is 0.215. The average Bonchev–Trinajstić information content (AvgIpc) is 3.75. The van der Waals surface area contributed by atoms with Crippen LogP contribution in [0, 0.1) is 34.5 Å². The van der Waals surface area contributed by atoms with E-state index in [1.165, 1.54) is 16.3 Å². The van der Waals surface area contributed by atoms with Crippen LogP contribution >= 0.6 is 0 Å². The molecule has 1 heterocycles. The highest BCUT2D eigenvalue weighted by atomic mass is 32.2. The minimum atomic E-state index is -3.73. The second kappa shape index (κ2) is 13.0. The number of likely N-dealkylation sites (tertiary alicyclic amines) is 1. The molecule has 2 saturated carbocycles. The number of amides is 5. The van der Waals surface area contributed by atoms with Crippen LogP contribution in [0.4, 0.5) is 4.79 Å². The molecule has 1 aliphatic heterocycles. The van der Waals surface area contributed by atoms with Crippen molar-refractivity contribution in [3.63, 3.8) is 0 Å². The molecule has 0 aromatic carbocycles. The molecule has 0 aromatic rings. The Kier molecular flexibility index (Phi) is 10.7. The van der Waals surface area contributed by atoms with Gasteiger partial charge in [0.05, 0.1) is 11.8 Å². The van der Waals surface area contributed by atoms with Gasteiger partial charge in [-0.1, -0.05) is 61.3 Å². The third-order valence-electron chi connectivity index (χ3n) is 10.2. The number of carbonyl (C=O) groups is 5. The fourth-order valence-electron chi connectivity index (χ4n) is 6.47. The smallest absolute Gasteiger partial charge is 0.315 e. The number of Topliss-reactive ketones (excluding diaryl/α,β-unsaturated/α-hetero) is 1. The van der Waals surface area contributed by atoms with Crippen LogP contribution in [0.5, 0.6) is 0 Å². The van der Waals surface area contributed by atoms with Crippen LogP contribution in [-0.4, -0.2) is 96.2 Å². The highest BCUT2D eigenvalue weighted by molar-refractivity contribution is 7.89. The first-order chi connectivity index (χ1) is 20.8. The third-order valence-corrected chi connectivity index (χ3v) is 12.3. The maximum absolute atomic E-state index is 14.2. The molecular weight excluding hydrogens is 612 g/mol. The van der Waals surface area contributed by atoms with Crippen molar-refractivity contribution in [3.8, 4) is 0 Å². The lowest BCUT2D eigenvalue weighted by molar-refractivity contribution is -0.145. The van der Waals surface area contributed by atoms with Crippen molar-refractivity contribution in [2.45, 2.75) is 118 Å². The van der Waals surface area contributed by atoms with E-state index in [1.807, 2.05) is 27.7 Å². The number of rotatable bonds is 13. The van der Waals surface area contributed by atoms with E-state index in [-0.39, 0.29) is 34.8 Å². The SMILES string of the molecule is CC(C)[C@@H](CS(=O)(=O)N(C)C(C)(C)C)NC(=O)N[C@H](C(=O)N1C[C@H]2[C@@H]([C@H]1C(=O)NC(CC1CC1)C(=O)C(N)=O)C2(C)C)C(C)(C)C. The van der Waals surface area contributed by atoms with Crippen LogP contribution < -0.4 is 21.7 Å². The molecule has 0 aromatic heterocycles. The van der Waals surface area contributed by atoms with E-state index in [9.17, 15) is 32.4 Å². The Morgan fingerprint density at radius 3 is 2.00 bits per heavy atom. The lowest BCUT2D eigenvalue weighted by Crippen LogP contribution is -2.62. The van der Waals surface area contributed by atoms with Gasteiger partial charge in [0.2, 0.25) is 27.6 Å². The van der Waals surface area contributed by atoms with Crippen LogP contribution in [0.1, 0.15) is 88.5 Å². The van der Waals surface area contributed by atoms with Gasteiger partial charge >= 0.3 is 6.03 Å². The van der Waals surface area contributed by atoms with E-state index in [2.05, 4.69) is 16.0 Å². The van der Waals surface area contributed by atoms with Gasteiger partial charge in [-0.3, -0.25) is 19.2 Å². The van der Waals surface area contributed by atoms with Crippen molar-refractivity contribution in [2.75, 3.05) is 19.3 Å². The minimum absolute atomic E-state index is 0.0469. The van der Waals surface area contributed by atoms with Crippen molar-refractivity contribution in [2.24, 2.45) is 40.2 Å². The molecule has 262 valence electrons. The summed E-state index contributed by atoms with van der Waals surface area (Å²) in [6, 6.07) is -4.44. The number of fused-ring (bicyclic) bond motifs is 1. The number of urea groups is 1. The van der Waals surface area contributed by atoms with E-state index in [0.29, 0.717) is 13.0 Å². The summed E-state index contributed by atoms with van der Waals surface area (Å²) in [6.45, 7) is 18.7. The van der Waals surface area contributed by atoms with Crippen molar-refractivity contribution in [3.05, 3.63) is 0 Å². The summed E-state index contributed by atoms with van der Waals surface area (Å²) in [5, 5.41) is 8.31. The van der Waals surface area contributed by atoms with Gasteiger partial charge in [-0.15, -0.1) is 0 Å². The second-order valence-electron chi connectivity index (χ2n) is 16.5. The topological polar surface area (TPSA) is 188 Å². The Labute approximate surface area is 274 Å². The monoisotopic (exact) mass is 668 g/mol. The van der Waals surface area contributed by atoms with Gasteiger partial charge < -0.3 is 26.6 Å². The van der Waals surface area contributed by atoms with Crippen LogP contribution in [0.2, 0.25) is 0 Å². The number of primary amides is 1. The maximum atomic E-state index is 14.2. The predicted octanol–water partition coefficient (Wildman–Crippen LogP) is 1.61. The summed E-state index contributed by atoms with van der Waals surface area (Å²) in [4.78, 5) is 67.3. The van der Waals surface area contributed by atoms with Crippen molar-refractivity contribution in [1.29, 1.82) is 0 Å². The zero-order valence-electron chi connectivity index (χ0n) is 29.4. The molecule has 46 heavy (non-hydrogen) atoms. The molecule has 6 atom stereocenters. The summed E-state index contributed by atoms with van der Waals surface area (Å²) >= 11 is 0. The lowest BCUT2D eigenvalue weighted by Gasteiger charge is -2.38. The highest BCUT2D eigenvalue weighted by Gasteiger charge is 2.70. The van der Waals surface area contributed by atoms with Crippen molar-refractivity contribution in [1.82, 2.24) is 25.2 Å². The fraction of sp³-hybridized carbons (Fsp3) is 0.844. The van der Waals surface area contributed by atoms with E-state index in [0.717, 1.165) is 12.8 Å². The average molecular weight is 669 g/mol. The lowest BCUT2D eigenvalue weighted by atomic mass is 9.85. The Balaban J connectivity index is 1.81. The van der Waals surface area contributed by atoms with Crippen molar-refractivity contribution < 1.29 is 32.4 Å². The van der Waals surface area contributed by atoms with E-state index < -0.39 is 74.7 Å². The van der Waals surface area contributed by atoms with Gasteiger partial charge in [-0.05, 0) is 61.7 Å². The molecule has 0 radical (unpaired) electrons. The molecule has 2 aliphatic carbocycles. The first-order valence-corrected chi connectivity index (χ1v) is 17.9. The second-order valence-corrected chi connectivity index (χ2v) is 18.6. The van der Waals surface area contributed by atoms with E-state index in [1.54, 1.807) is 41.5 Å². The molecule has 3 aliphatic rings. The standard InChI is InChI=1S/C32H56N6O7S/c1-17(2)21(16-46(44,45)37(11)31(6,7)8)35-29(43)36-25(30(3,4)5)28(42)38-15-19-22(32(19,9)10)23(38)27(41)34-20(14-18-12-13-18)24(39)26(33)40/h17-23,25H,12-16H2,1-11H3,(H2,33,40)(H,34,41)(H2,35,36,43)/t19-,20?,21+,22-,23-,25+/m0/s1. The number of ketones is 1. The summed E-state index contributed by atoms with van der Waals surface area (Å²) in [6.07, 6.45) is 2.13. The molecule has 0 spiro atoms. The number of sulfonamides is 1. The third kappa shape index (κ3) is 8.39. The van der Waals surface area contributed by atoms with Gasteiger partial charge in [0.25, 0.3) is 5.91 Å². The predicted molar refractivity (Wildman–Crippen MR) is 175 cm³/mol. The minimum Gasteiger partial charge on any atom is -0.363 e. The first-order valence-electron chi connectivity index (χ1n) is 16.3. The Hall–Kier alpha value is -2.74. The number of nitrogens with one attached hydrogen (secondary N) is 3. The molecule has 0 bridgehead atoms. The summed E-state index contributed by atoms with van der Waals surface area (Å²) in [5.41, 5.74) is 3.65. The molecule has 13 nitrogen and oxygen atoms in total. The zero-order chi connectivity index (χ0) is 35.3. The number of carbonyl (C=O) groups excluding carboxylic acids is 5. The van der Waals surface area contributed by atoms with Crippen molar-refractivity contribution >= 4 is 39.6 Å². The molecule has 5 N–H and O–H groups in total. The molecule has 3 rings (SSSR count). The van der Waals surface area contributed by atoms with Gasteiger partial charge in [0.15, 0.2) is 0 Å². The number of hydrogen-bond donors (Lipinski definition) is 4. The van der Waals surface area contributed by atoms with Gasteiger partial charge in [-0.25, -0.2) is 13.2 Å². The summed E-state index contributed by atoms with van der Waals surface area (Å²) in [5.74, 6) is -3.38. The molecule has 1 unspecified atom stereocenters. The number of nitrogens with two attached hydrogens (primary N) is 1. The van der Waals surface area contributed by atoms with E-state index >= 15 is 0 Å². The molecule has 3 fully saturated rings. The van der Waals surface area contributed by atoms with Crippen LogP contribution in [0.15, 0.2) is 0 Å². The van der Waals surface area contributed by atoms with E-state index in [4.69, 9.17) is 5.73 Å². The molecule has 1 saturated heterocycles. The summed E-state index contributed by atoms with van der Waals surface area (Å²) < 4.78 is 27.6.